The minimum absolute atomic E-state index is 0. The molecule has 1 aromatic rings. The average Bonchev–Trinajstić information content (AvgIpc) is 2.13. The van der Waals surface area contributed by atoms with Crippen LogP contribution in [0.2, 0.25) is 0 Å². The third-order valence-electron chi connectivity index (χ3n) is 2.62. The van der Waals surface area contributed by atoms with Crippen molar-refractivity contribution < 1.29 is 32.7 Å². The van der Waals surface area contributed by atoms with Gasteiger partial charge in [0.1, 0.15) is 0 Å². The molecule has 0 heterocycles. The molecule has 0 spiro atoms. The molecule has 1 radical (unpaired) electrons. The van der Waals surface area contributed by atoms with Gasteiger partial charge in [-0.1, -0.05) is 42.0 Å². The zero-order valence-electron chi connectivity index (χ0n) is 11.2. The van der Waals surface area contributed by atoms with Crippen LogP contribution in [-0.2, 0) is 32.7 Å². The molecule has 0 N–H and O–H groups in total. The van der Waals surface area contributed by atoms with E-state index in [1.54, 1.807) is 0 Å². The molecule has 0 unspecified atom stereocenters. The van der Waals surface area contributed by atoms with Gasteiger partial charge in [-0.05, 0) is 0 Å². The van der Waals surface area contributed by atoms with Gasteiger partial charge >= 0.3 is 0 Å². The predicted octanol–water partition coefficient (Wildman–Crippen LogP) is 4.89. The molecule has 1 aromatic carbocycles. The van der Waals surface area contributed by atoms with Crippen LogP contribution in [0, 0.1) is 47.1 Å². The molecule has 0 aliphatic rings. The number of rotatable bonds is 0. The number of hydrogen-bond donors (Lipinski definition) is 0. The molecule has 0 aromatic heterocycles. The molecule has 0 nitrogen and oxygen atoms in total. The van der Waals surface area contributed by atoms with Crippen LogP contribution in [0.15, 0.2) is 0 Å². The molecule has 0 aliphatic carbocycles. The minimum Gasteiger partial charge on any atom is -0.335 e. The molecular weight excluding hydrogens is 269 g/mol. The van der Waals surface area contributed by atoms with Crippen molar-refractivity contribution in [1.82, 2.24) is 0 Å². The zero-order chi connectivity index (χ0) is 11.3. The number of hydrogen-bond acceptors (Lipinski definition) is 0. The van der Waals surface area contributed by atoms with Crippen LogP contribution < -0.4 is 0 Å². The van der Waals surface area contributed by atoms with Gasteiger partial charge in [0.15, 0.2) is 0 Å². The van der Waals surface area contributed by atoms with E-state index in [9.17, 15) is 0 Å². The smallest absolute Gasteiger partial charge is 0 e. The fraction of sp³-hybridized carbons (Fsp3) is 0.533. The Kier molecular flexibility index (Phi) is 14.1. The predicted molar refractivity (Wildman–Crippen MR) is 71.3 cm³/mol. The van der Waals surface area contributed by atoms with Gasteiger partial charge in [-0.3, -0.25) is 0 Å². The third kappa shape index (κ3) is 6.16. The fourth-order valence-electron chi connectivity index (χ4n) is 1.31. The van der Waals surface area contributed by atoms with Crippen molar-refractivity contribution in [1.29, 1.82) is 0 Å². The Bertz CT molecular complexity index is 275. The summed E-state index contributed by atoms with van der Waals surface area (Å²) in [7, 11) is 0. The van der Waals surface area contributed by atoms with Gasteiger partial charge in [-0.25, -0.2) is 0 Å². The Morgan fingerprint density at radius 2 is 1.00 bits per heavy atom. The van der Waals surface area contributed by atoms with Crippen molar-refractivity contribution in [3.63, 3.8) is 0 Å². The molecule has 0 bridgehead atoms. The maximum Gasteiger partial charge on any atom is 0 e. The SMILES string of the molecule is C.C[CH-]C.Cc1[c-]c(C)c(C)c(C)c1C.[Y]. The van der Waals surface area contributed by atoms with Gasteiger partial charge < -0.3 is 6.42 Å². The van der Waals surface area contributed by atoms with E-state index < -0.39 is 0 Å². The van der Waals surface area contributed by atoms with E-state index in [1.807, 2.05) is 20.3 Å². The first-order valence-corrected chi connectivity index (χ1v) is 5.15. The Balaban J connectivity index is -0.000000306. The van der Waals surface area contributed by atoms with Gasteiger partial charge in [0, 0.05) is 32.7 Å². The maximum atomic E-state index is 3.35. The molecule has 0 aliphatic heterocycles. The summed E-state index contributed by atoms with van der Waals surface area (Å²) >= 11 is 0. The van der Waals surface area contributed by atoms with E-state index >= 15 is 0 Å². The minimum atomic E-state index is 0. The average molecular weight is 295 g/mol. The summed E-state index contributed by atoms with van der Waals surface area (Å²) in [4.78, 5) is 0. The molecular formula is C15H26Y-2. The normalized spacial score (nSPS) is 8.19. The van der Waals surface area contributed by atoms with Crippen LogP contribution in [0.1, 0.15) is 49.1 Å². The van der Waals surface area contributed by atoms with Gasteiger partial charge in [-0.15, -0.1) is 0 Å². The van der Waals surface area contributed by atoms with E-state index in [0.717, 1.165) is 0 Å². The Morgan fingerprint density at radius 1 is 0.750 bits per heavy atom. The first-order valence-electron chi connectivity index (χ1n) is 5.15. The molecule has 0 atom stereocenters. The van der Waals surface area contributed by atoms with Crippen molar-refractivity contribution in [3.05, 3.63) is 40.3 Å². The van der Waals surface area contributed by atoms with E-state index in [4.69, 9.17) is 0 Å². The molecule has 0 saturated carbocycles. The second kappa shape index (κ2) is 10.5. The van der Waals surface area contributed by atoms with Crippen LogP contribution in [0.4, 0.5) is 0 Å². The summed E-state index contributed by atoms with van der Waals surface area (Å²) in [5, 5.41) is 0. The summed E-state index contributed by atoms with van der Waals surface area (Å²) in [5.74, 6) is 0. The summed E-state index contributed by atoms with van der Waals surface area (Å²) in [5.41, 5.74) is 6.75. The first-order chi connectivity index (χ1) is 6.45. The van der Waals surface area contributed by atoms with Crippen LogP contribution in [-0.4, -0.2) is 0 Å². The van der Waals surface area contributed by atoms with Crippen LogP contribution >= 0.6 is 0 Å². The van der Waals surface area contributed by atoms with Crippen molar-refractivity contribution in [2.75, 3.05) is 0 Å². The van der Waals surface area contributed by atoms with Crippen molar-refractivity contribution in [3.8, 4) is 0 Å². The van der Waals surface area contributed by atoms with E-state index in [-0.39, 0.29) is 40.1 Å². The summed E-state index contributed by atoms with van der Waals surface area (Å²) < 4.78 is 0. The van der Waals surface area contributed by atoms with Crippen molar-refractivity contribution in [2.24, 2.45) is 0 Å². The Hall–Kier alpha value is 0.324. The summed E-state index contributed by atoms with van der Waals surface area (Å²) in [6.07, 6.45) is 2.00. The molecule has 1 rings (SSSR count). The fourth-order valence-corrected chi connectivity index (χ4v) is 1.31. The second-order valence-electron chi connectivity index (χ2n) is 3.83. The molecule has 1 heteroatoms. The van der Waals surface area contributed by atoms with Gasteiger partial charge in [0.2, 0.25) is 0 Å². The molecule has 16 heavy (non-hydrogen) atoms. The Morgan fingerprint density at radius 3 is 1.25 bits per heavy atom. The summed E-state index contributed by atoms with van der Waals surface area (Å²) in [6.45, 7) is 14.7. The molecule has 0 amide bonds. The van der Waals surface area contributed by atoms with Gasteiger partial charge in [0.05, 0.1) is 0 Å². The quantitative estimate of drug-likeness (QED) is 0.598. The zero-order valence-corrected chi connectivity index (χ0v) is 14.0. The van der Waals surface area contributed by atoms with E-state index in [1.165, 1.54) is 27.8 Å². The number of benzene rings is 1. The van der Waals surface area contributed by atoms with Crippen molar-refractivity contribution >= 4 is 0 Å². The van der Waals surface area contributed by atoms with Gasteiger partial charge in [0.25, 0.3) is 0 Å². The summed E-state index contributed by atoms with van der Waals surface area (Å²) in [6, 6.07) is 3.35. The van der Waals surface area contributed by atoms with E-state index in [2.05, 4.69) is 40.7 Å². The third-order valence-corrected chi connectivity index (χ3v) is 2.62. The first kappa shape index (κ1) is 21.6. The van der Waals surface area contributed by atoms with Gasteiger partial charge in [-0.2, -0.15) is 47.7 Å². The Labute approximate surface area is 128 Å². The molecule has 91 valence electrons. The number of aryl methyl sites for hydroxylation is 2. The van der Waals surface area contributed by atoms with Crippen LogP contribution in [0.5, 0.6) is 0 Å². The van der Waals surface area contributed by atoms with Crippen molar-refractivity contribution in [2.45, 2.75) is 55.9 Å². The molecule has 0 fully saturated rings. The monoisotopic (exact) mass is 295 g/mol. The van der Waals surface area contributed by atoms with Crippen LogP contribution in [0.3, 0.4) is 0 Å². The standard InChI is InChI=1S/C11H15.C3H7.CH4.Y/c1-7-6-8(2)10(4)11(5)9(7)3;1-3-2;;/h1-5H3;3H,1-2H3;1H4;/q2*-1;;. The second-order valence-corrected chi connectivity index (χ2v) is 3.83. The van der Waals surface area contributed by atoms with E-state index in [0.29, 0.717) is 0 Å². The molecule has 0 saturated heterocycles. The topological polar surface area (TPSA) is 0 Å². The maximum absolute atomic E-state index is 3.35. The van der Waals surface area contributed by atoms with Crippen LogP contribution in [0.25, 0.3) is 0 Å². The largest absolute Gasteiger partial charge is 0.335 e.